The van der Waals surface area contributed by atoms with E-state index in [0.29, 0.717) is 0 Å². The number of nitrogens with zero attached hydrogens (tertiary/aromatic N) is 1. The van der Waals surface area contributed by atoms with Crippen LogP contribution in [-0.4, -0.2) is 4.98 Å². The fourth-order valence-electron chi connectivity index (χ4n) is 1.78. The summed E-state index contributed by atoms with van der Waals surface area (Å²) >= 11 is 0. The summed E-state index contributed by atoms with van der Waals surface area (Å²) in [4.78, 5) is 4.29. The van der Waals surface area contributed by atoms with Gasteiger partial charge in [-0.15, -0.1) is 0 Å². The fraction of sp³-hybridized carbons (Fsp3) is 0.250. The quantitative estimate of drug-likeness (QED) is 0.633. The van der Waals surface area contributed by atoms with Crippen LogP contribution in [0, 0.1) is 6.92 Å². The zero-order valence-electron chi connectivity index (χ0n) is 7.88. The summed E-state index contributed by atoms with van der Waals surface area (Å²) < 4.78 is 0. The molecule has 66 valence electrons. The highest BCUT2D eigenvalue weighted by Crippen LogP contribution is 2.25. The van der Waals surface area contributed by atoms with Gasteiger partial charge in [-0.3, -0.25) is 4.98 Å². The normalized spacial score (nSPS) is 14.7. The topological polar surface area (TPSA) is 12.9 Å². The molecule has 0 atom stereocenters. The van der Waals surface area contributed by atoms with E-state index in [1.807, 2.05) is 12.3 Å². The number of hydrogen-bond acceptors (Lipinski definition) is 1. The standard InChI is InChI=1S/C12H13N/c1-3-10-4-5-12-9(2)13-7-6-11(12)8-10/h3,6-8H,1,4-5H2,2H3. The van der Waals surface area contributed by atoms with Gasteiger partial charge in [-0.2, -0.15) is 0 Å². The molecule has 0 bridgehead atoms. The summed E-state index contributed by atoms with van der Waals surface area (Å²) in [5.74, 6) is 0. The number of rotatable bonds is 1. The van der Waals surface area contributed by atoms with Gasteiger partial charge in [0.25, 0.3) is 0 Å². The highest BCUT2D eigenvalue weighted by molar-refractivity contribution is 5.62. The number of hydrogen-bond donors (Lipinski definition) is 0. The molecule has 0 N–H and O–H groups in total. The van der Waals surface area contributed by atoms with Crippen molar-refractivity contribution < 1.29 is 0 Å². The first kappa shape index (κ1) is 8.24. The first-order chi connectivity index (χ1) is 6.31. The summed E-state index contributed by atoms with van der Waals surface area (Å²) in [6.45, 7) is 5.87. The molecule has 0 aliphatic heterocycles. The smallest absolute Gasteiger partial charge is 0.0410 e. The predicted octanol–water partition coefficient (Wildman–Crippen LogP) is 2.91. The third-order valence-electron chi connectivity index (χ3n) is 2.57. The molecule has 1 aromatic heterocycles. The Kier molecular flexibility index (Phi) is 2.01. The number of pyridine rings is 1. The Bertz CT molecular complexity index is 375. The molecule has 1 aliphatic rings. The number of fused-ring (bicyclic) bond motifs is 1. The minimum absolute atomic E-state index is 1.10. The fourth-order valence-corrected chi connectivity index (χ4v) is 1.78. The van der Waals surface area contributed by atoms with E-state index in [1.165, 1.54) is 16.7 Å². The Morgan fingerprint density at radius 1 is 1.46 bits per heavy atom. The molecule has 0 saturated heterocycles. The molecule has 1 aliphatic carbocycles. The van der Waals surface area contributed by atoms with Crippen molar-refractivity contribution in [3.05, 3.63) is 47.3 Å². The van der Waals surface area contributed by atoms with Gasteiger partial charge in [0.2, 0.25) is 0 Å². The summed E-state index contributed by atoms with van der Waals surface area (Å²) in [5, 5.41) is 0. The maximum Gasteiger partial charge on any atom is 0.0410 e. The molecule has 1 aromatic rings. The van der Waals surface area contributed by atoms with E-state index in [2.05, 4.69) is 30.6 Å². The minimum Gasteiger partial charge on any atom is -0.261 e. The number of aromatic nitrogens is 1. The van der Waals surface area contributed by atoms with Crippen molar-refractivity contribution >= 4 is 6.08 Å². The average Bonchev–Trinajstić information content (AvgIpc) is 2.18. The Hall–Kier alpha value is -1.37. The largest absolute Gasteiger partial charge is 0.261 e. The van der Waals surface area contributed by atoms with Crippen molar-refractivity contribution in [2.24, 2.45) is 0 Å². The molecule has 0 spiro atoms. The summed E-state index contributed by atoms with van der Waals surface area (Å²) in [6.07, 6.45) is 8.23. The summed E-state index contributed by atoms with van der Waals surface area (Å²) in [6, 6.07) is 2.07. The Morgan fingerprint density at radius 3 is 3.08 bits per heavy atom. The molecular formula is C12H13N. The van der Waals surface area contributed by atoms with Crippen molar-refractivity contribution in [3.63, 3.8) is 0 Å². The van der Waals surface area contributed by atoms with Crippen LogP contribution in [0.5, 0.6) is 0 Å². The monoisotopic (exact) mass is 171 g/mol. The maximum absolute atomic E-state index is 4.29. The van der Waals surface area contributed by atoms with Crippen molar-refractivity contribution in [2.75, 3.05) is 0 Å². The van der Waals surface area contributed by atoms with Crippen LogP contribution >= 0.6 is 0 Å². The molecule has 0 aromatic carbocycles. The van der Waals surface area contributed by atoms with Crippen LogP contribution in [0.3, 0.4) is 0 Å². The van der Waals surface area contributed by atoms with Gasteiger partial charge in [0.15, 0.2) is 0 Å². The van der Waals surface area contributed by atoms with Crippen molar-refractivity contribution in [1.82, 2.24) is 4.98 Å². The van der Waals surface area contributed by atoms with Gasteiger partial charge in [0.1, 0.15) is 0 Å². The van der Waals surface area contributed by atoms with Crippen LogP contribution in [0.25, 0.3) is 6.08 Å². The maximum atomic E-state index is 4.29. The van der Waals surface area contributed by atoms with E-state index in [9.17, 15) is 0 Å². The molecule has 1 heterocycles. The predicted molar refractivity (Wildman–Crippen MR) is 55.5 cm³/mol. The lowest BCUT2D eigenvalue weighted by molar-refractivity contribution is 0.919. The molecular weight excluding hydrogens is 158 g/mol. The molecule has 1 heteroatoms. The second-order valence-corrected chi connectivity index (χ2v) is 3.39. The lowest BCUT2D eigenvalue weighted by atomic mass is 9.92. The van der Waals surface area contributed by atoms with Crippen molar-refractivity contribution in [2.45, 2.75) is 19.8 Å². The van der Waals surface area contributed by atoms with E-state index in [-0.39, 0.29) is 0 Å². The van der Waals surface area contributed by atoms with E-state index in [0.717, 1.165) is 18.5 Å². The second kappa shape index (κ2) is 3.17. The zero-order chi connectivity index (χ0) is 9.26. The Morgan fingerprint density at radius 2 is 2.31 bits per heavy atom. The molecule has 0 amide bonds. The van der Waals surface area contributed by atoms with Gasteiger partial charge >= 0.3 is 0 Å². The summed E-state index contributed by atoms with van der Waals surface area (Å²) in [7, 11) is 0. The van der Waals surface area contributed by atoms with Crippen molar-refractivity contribution in [1.29, 1.82) is 0 Å². The van der Waals surface area contributed by atoms with Gasteiger partial charge in [-0.1, -0.05) is 18.7 Å². The van der Waals surface area contributed by atoms with Crippen LogP contribution in [0.15, 0.2) is 30.5 Å². The first-order valence-electron chi connectivity index (χ1n) is 4.59. The lowest BCUT2D eigenvalue weighted by Crippen LogP contribution is -2.01. The van der Waals surface area contributed by atoms with Gasteiger partial charge in [-0.25, -0.2) is 0 Å². The third-order valence-corrected chi connectivity index (χ3v) is 2.57. The van der Waals surface area contributed by atoms with E-state index in [1.54, 1.807) is 0 Å². The highest BCUT2D eigenvalue weighted by atomic mass is 14.7. The Balaban J connectivity index is 2.53. The van der Waals surface area contributed by atoms with Gasteiger partial charge in [-0.05, 0) is 42.5 Å². The van der Waals surface area contributed by atoms with Crippen molar-refractivity contribution in [3.8, 4) is 0 Å². The second-order valence-electron chi connectivity index (χ2n) is 3.39. The SMILES string of the molecule is C=CC1=Cc2ccnc(C)c2CC1. The molecule has 0 fully saturated rings. The van der Waals surface area contributed by atoms with Crippen LogP contribution < -0.4 is 0 Å². The van der Waals surface area contributed by atoms with Gasteiger partial charge in [0.05, 0.1) is 0 Å². The first-order valence-corrected chi connectivity index (χ1v) is 4.59. The van der Waals surface area contributed by atoms with Crippen LogP contribution in [-0.2, 0) is 6.42 Å². The number of allylic oxidation sites excluding steroid dienone is 2. The number of aryl methyl sites for hydroxylation is 1. The van der Waals surface area contributed by atoms with E-state index >= 15 is 0 Å². The summed E-state index contributed by atoms with van der Waals surface area (Å²) in [5.41, 5.74) is 5.21. The molecule has 0 saturated carbocycles. The van der Waals surface area contributed by atoms with E-state index in [4.69, 9.17) is 0 Å². The van der Waals surface area contributed by atoms with Crippen LogP contribution in [0.2, 0.25) is 0 Å². The lowest BCUT2D eigenvalue weighted by Gasteiger charge is -2.15. The van der Waals surface area contributed by atoms with E-state index < -0.39 is 0 Å². The molecule has 1 nitrogen and oxygen atoms in total. The minimum atomic E-state index is 1.10. The van der Waals surface area contributed by atoms with Gasteiger partial charge in [0, 0.05) is 11.9 Å². The highest BCUT2D eigenvalue weighted by Gasteiger charge is 2.10. The average molecular weight is 171 g/mol. The van der Waals surface area contributed by atoms with Crippen LogP contribution in [0.1, 0.15) is 23.2 Å². The Labute approximate surface area is 78.8 Å². The third kappa shape index (κ3) is 1.42. The molecule has 0 unspecified atom stereocenters. The van der Waals surface area contributed by atoms with Crippen LogP contribution in [0.4, 0.5) is 0 Å². The molecule has 0 radical (unpaired) electrons. The molecule has 2 rings (SSSR count). The molecule has 13 heavy (non-hydrogen) atoms. The zero-order valence-corrected chi connectivity index (χ0v) is 7.88. The van der Waals surface area contributed by atoms with Gasteiger partial charge < -0.3 is 0 Å².